The van der Waals surface area contributed by atoms with Gasteiger partial charge >= 0.3 is 11.9 Å². The van der Waals surface area contributed by atoms with E-state index < -0.39 is 23.1 Å². The maximum atomic E-state index is 12.2. The van der Waals surface area contributed by atoms with E-state index in [9.17, 15) is 14.1 Å². The van der Waals surface area contributed by atoms with Gasteiger partial charge in [0.1, 0.15) is 0 Å². The summed E-state index contributed by atoms with van der Waals surface area (Å²) in [6.07, 6.45) is 28.8. The molecule has 0 aliphatic carbocycles. The van der Waals surface area contributed by atoms with E-state index in [1.807, 2.05) is 0 Å². The molecule has 0 aliphatic heterocycles. The lowest BCUT2D eigenvalue weighted by molar-refractivity contribution is -0.929. The van der Waals surface area contributed by atoms with Crippen molar-refractivity contribution in [3.63, 3.8) is 0 Å². The number of nitrogens with zero attached hydrogens (tertiary/aromatic N) is 1. The molecule has 0 spiro atoms. The Morgan fingerprint density at radius 1 is 0.469 bits per heavy atom. The molecule has 6 nitrogen and oxygen atoms in total. The summed E-state index contributed by atoms with van der Waals surface area (Å²) < 4.78 is 13.7. The molecule has 7 heteroatoms. The first-order valence-electron chi connectivity index (χ1n) is 19.7. The van der Waals surface area contributed by atoms with E-state index in [2.05, 4.69) is 27.7 Å². The van der Waals surface area contributed by atoms with Gasteiger partial charge in [-0.15, -0.1) is 0 Å². The highest BCUT2D eigenvalue weighted by Crippen LogP contribution is 2.22. The SMILES string of the molecule is CCCCCCC[N+](CCCCCCC)(CCCCCCC)CCCCCCC.O=C(O)c1ccc([S+]([O-])c2ccc(C(=O)O)cc2)cc1. The Labute approximate surface area is 302 Å². The molecule has 278 valence electrons. The summed E-state index contributed by atoms with van der Waals surface area (Å²) in [5.41, 5.74) is 0.235. The van der Waals surface area contributed by atoms with Crippen LogP contribution in [0, 0.1) is 0 Å². The monoisotopic (exact) mass is 700 g/mol. The second-order valence-corrected chi connectivity index (χ2v) is 15.3. The second-order valence-electron chi connectivity index (χ2n) is 13.8. The van der Waals surface area contributed by atoms with Crippen LogP contribution in [0.15, 0.2) is 58.3 Å². The van der Waals surface area contributed by atoms with Crippen LogP contribution in [0.3, 0.4) is 0 Å². The third-order valence-electron chi connectivity index (χ3n) is 9.57. The largest absolute Gasteiger partial charge is 0.606 e. The fourth-order valence-electron chi connectivity index (χ4n) is 6.45. The van der Waals surface area contributed by atoms with E-state index in [4.69, 9.17) is 10.2 Å². The first-order chi connectivity index (χ1) is 23.7. The van der Waals surface area contributed by atoms with Crippen molar-refractivity contribution in [3.05, 3.63) is 59.7 Å². The van der Waals surface area contributed by atoms with Crippen LogP contribution >= 0.6 is 0 Å². The minimum atomic E-state index is -1.48. The molecule has 0 bridgehead atoms. The van der Waals surface area contributed by atoms with Crippen molar-refractivity contribution in [1.29, 1.82) is 0 Å². The number of carboxylic acid groups (broad SMARTS) is 2. The minimum absolute atomic E-state index is 0.118. The molecule has 2 aromatic carbocycles. The van der Waals surface area contributed by atoms with Crippen molar-refractivity contribution >= 4 is 23.1 Å². The van der Waals surface area contributed by atoms with E-state index in [1.54, 1.807) is 0 Å². The third-order valence-corrected chi connectivity index (χ3v) is 11.0. The molecule has 0 saturated heterocycles. The molecular weight excluding hydrogens is 631 g/mol. The van der Waals surface area contributed by atoms with Crippen LogP contribution in [0.4, 0.5) is 0 Å². The molecule has 0 atom stereocenters. The van der Waals surface area contributed by atoms with Gasteiger partial charge in [-0.1, -0.05) is 105 Å². The minimum Gasteiger partial charge on any atom is -0.606 e. The highest BCUT2D eigenvalue weighted by molar-refractivity contribution is 7.91. The van der Waals surface area contributed by atoms with E-state index >= 15 is 0 Å². The number of carboxylic acids is 2. The molecule has 0 radical (unpaired) electrons. The van der Waals surface area contributed by atoms with Gasteiger partial charge < -0.3 is 19.2 Å². The van der Waals surface area contributed by atoms with E-state index in [1.165, 1.54) is 208 Å². The van der Waals surface area contributed by atoms with Gasteiger partial charge in [-0.05, 0) is 99.9 Å². The quantitative estimate of drug-likeness (QED) is 0.0523. The van der Waals surface area contributed by atoms with Gasteiger partial charge in [-0.25, -0.2) is 9.59 Å². The Morgan fingerprint density at radius 2 is 0.714 bits per heavy atom. The number of aromatic carboxylic acids is 2. The topological polar surface area (TPSA) is 97.7 Å². The van der Waals surface area contributed by atoms with Crippen molar-refractivity contribution in [1.82, 2.24) is 0 Å². The molecule has 0 heterocycles. The summed E-state index contributed by atoms with van der Waals surface area (Å²) in [5.74, 6) is -2.10. The Kier molecular flexibility index (Phi) is 25.9. The van der Waals surface area contributed by atoms with E-state index in [-0.39, 0.29) is 11.1 Å². The van der Waals surface area contributed by atoms with Crippen LogP contribution in [0.2, 0.25) is 0 Å². The summed E-state index contributed by atoms with van der Waals surface area (Å²) >= 11 is -1.48. The number of benzene rings is 2. The molecule has 2 rings (SSSR count). The fraction of sp³-hybridized carbons (Fsp3) is 0.667. The first-order valence-corrected chi connectivity index (χ1v) is 20.8. The van der Waals surface area contributed by atoms with Crippen LogP contribution in [0.25, 0.3) is 0 Å². The van der Waals surface area contributed by atoms with Gasteiger partial charge in [0.15, 0.2) is 9.79 Å². The zero-order valence-corrected chi connectivity index (χ0v) is 32.4. The van der Waals surface area contributed by atoms with Gasteiger partial charge in [-0.2, -0.15) is 0 Å². The lowest BCUT2D eigenvalue weighted by atomic mass is 10.1. The van der Waals surface area contributed by atoms with Crippen molar-refractivity contribution in [2.45, 2.75) is 166 Å². The third kappa shape index (κ3) is 20.2. The Bertz CT molecular complexity index is 986. The summed E-state index contributed by atoms with van der Waals surface area (Å²) in [6, 6.07) is 11.4. The number of rotatable bonds is 28. The average molecular weight is 701 g/mol. The van der Waals surface area contributed by atoms with Crippen LogP contribution in [0.1, 0.15) is 177 Å². The highest BCUT2D eigenvalue weighted by atomic mass is 32.2. The summed E-state index contributed by atoms with van der Waals surface area (Å²) in [4.78, 5) is 22.4. The van der Waals surface area contributed by atoms with Gasteiger partial charge in [0.25, 0.3) is 0 Å². The molecule has 0 aliphatic rings. The Morgan fingerprint density at radius 3 is 0.939 bits per heavy atom. The Balaban J connectivity index is 0.000000520. The Hall–Kier alpha value is -2.35. The predicted octanol–water partition coefficient (Wildman–Crippen LogP) is 11.9. The molecular formula is C42H70NO5S+. The highest BCUT2D eigenvalue weighted by Gasteiger charge is 2.25. The summed E-state index contributed by atoms with van der Waals surface area (Å²) in [5, 5.41) is 17.6. The van der Waals surface area contributed by atoms with Gasteiger partial charge in [0.2, 0.25) is 0 Å². The molecule has 0 amide bonds. The number of quaternary nitrogens is 1. The van der Waals surface area contributed by atoms with Gasteiger partial charge in [0, 0.05) is 11.2 Å². The maximum Gasteiger partial charge on any atom is 0.335 e. The van der Waals surface area contributed by atoms with E-state index in [0.29, 0.717) is 9.79 Å². The number of hydrogen-bond acceptors (Lipinski definition) is 3. The number of carbonyl (C=O) groups is 2. The second kappa shape index (κ2) is 28.4. The molecule has 2 N–H and O–H groups in total. The lowest BCUT2D eigenvalue weighted by Gasteiger charge is -2.39. The van der Waals surface area contributed by atoms with Gasteiger partial charge in [0.05, 0.1) is 37.3 Å². The number of unbranched alkanes of at least 4 members (excludes halogenated alkanes) is 16. The summed E-state index contributed by atoms with van der Waals surface area (Å²) in [7, 11) is 0. The van der Waals surface area contributed by atoms with E-state index in [0.717, 1.165) is 0 Å². The van der Waals surface area contributed by atoms with Crippen molar-refractivity contribution in [2.24, 2.45) is 0 Å². The predicted molar refractivity (Wildman–Crippen MR) is 206 cm³/mol. The maximum absolute atomic E-state index is 12.2. The lowest BCUT2D eigenvalue weighted by Crippen LogP contribution is -2.50. The fourth-order valence-corrected chi connectivity index (χ4v) is 7.49. The molecule has 0 aromatic heterocycles. The molecule has 2 aromatic rings. The first kappa shape index (κ1) is 44.7. The molecule has 0 unspecified atom stereocenters. The number of hydrogen-bond donors (Lipinski definition) is 2. The van der Waals surface area contributed by atoms with Gasteiger partial charge in [-0.3, -0.25) is 0 Å². The van der Waals surface area contributed by atoms with Crippen LogP contribution in [0.5, 0.6) is 0 Å². The van der Waals surface area contributed by atoms with Crippen LogP contribution in [-0.2, 0) is 11.2 Å². The zero-order valence-electron chi connectivity index (χ0n) is 31.6. The van der Waals surface area contributed by atoms with Crippen molar-refractivity contribution in [2.75, 3.05) is 26.2 Å². The molecule has 0 fully saturated rings. The van der Waals surface area contributed by atoms with Crippen molar-refractivity contribution < 1.29 is 28.8 Å². The molecule has 0 saturated carbocycles. The summed E-state index contributed by atoms with van der Waals surface area (Å²) in [6.45, 7) is 15.2. The standard InChI is InChI=1S/C28H60N.C14H10O5S/c1-5-9-13-17-21-25-29(26-22-18-14-10-6-2,27-23-19-15-11-7-3)28-24-20-16-12-8-4;15-13(16)9-1-5-11(6-2-9)20(19)12-7-3-10(4-8-12)14(17)18/h5-28H2,1-4H3;1-8H,(H,15,16)(H,17,18)/q+1;. The molecule has 49 heavy (non-hydrogen) atoms. The average Bonchev–Trinajstić information content (AvgIpc) is 3.11. The van der Waals surface area contributed by atoms with Crippen LogP contribution < -0.4 is 0 Å². The van der Waals surface area contributed by atoms with Crippen molar-refractivity contribution in [3.8, 4) is 0 Å². The zero-order chi connectivity index (χ0) is 36.2. The van der Waals surface area contributed by atoms with Crippen LogP contribution in [-0.4, -0.2) is 57.4 Å². The normalized spacial score (nSPS) is 11.4. The smallest absolute Gasteiger partial charge is 0.335 e.